The van der Waals surface area contributed by atoms with Gasteiger partial charge in [0.05, 0.1) is 47.6 Å². The molecule has 3 amide bonds. The van der Waals surface area contributed by atoms with Gasteiger partial charge in [-0.25, -0.2) is 13.1 Å². The third-order valence-corrected chi connectivity index (χ3v) is 11.9. The van der Waals surface area contributed by atoms with Gasteiger partial charge >= 0.3 is 0 Å². The second-order valence-electron chi connectivity index (χ2n) is 14.7. The van der Waals surface area contributed by atoms with Crippen molar-refractivity contribution in [2.45, 2.75) is 116 Å². The number of likely N-dealkylation sites (tertiary alicyclic amines) is 1. The Labute approximate surface area is 305 Å². The second-order valence-corrected chi connectivity index (χ2v) is 16.3. The number of carbonyl (C=O) groups excluding carboxylic acids is 4. The van der Waals surface area contributed by atoms with Crippen LogP contribution in [0, 0.1) is 29.6 Å². The molecular weight excluding hydrogens is 675 g/mol. The summed E-state index contributed by atoms with van der Waals surface area (Å²) in [6, 6.07) is 4.21. The maximum absolute atomic E-state index is 14.1. The second kappa shape index (κ2) is 19.7. The zero-order valence-corrected chi connectivity index (χ0v) is 33.3. The number of hydrogen-bond donors (Lipinski definition) is 3. The summed E-state index contributed by atoms with van der Waals surface area (Å²) in [5.41, 5.74) is 6.07. The van der Waals surface area contributed by atoms with Gasteiger partial charge < -0.3 is 30.3 Å². The molecule has 0 unspecified atom stereocenters. The lowest BCUT2D eigenvalue weighted by Crippen LogP contribution is -2.54. The van der Waals surface area contributed by atoms with Crippen molar-refractivity contribution in [1.82, 2.24) is 19.8 Å². The number of sulfonamides is 1. The van der Waals surface area contributed by atoms with Crippen molar-refractivity contribution in [2.24, 2.45) is 29.6 Å². The summed E-state index contributed by atoms with van der Waals surface area (Å²) in [6.45, 7) is 13.9. The molecule has 0 aromatic heterocycles. The fourth-order valence-corrected chi connectivity index (χ4v) is 8.38. The van der Waals surface area contributed by atoms with Crippen molar-refractivity contribution >= 4 is 39.2 Å². The van der Waals surface area contributed by atoms with E-state index >= 15 is 0 Å². The van der Waals surface area contributed by atoms with Crippen LogP contribution in [0.2, 0.25) is 0 Å². The van der Waals surface area contributed by atoms with Crippen molar-refractivity contribution in [3.05, 3.63) is 24.3 Å². The Hall–Kier alpha value is -3.07. The van der Waals surface area contributed by atoms with E-state index in [2.05, 4.69) is 10.0 Å². The standard InChI is InChI=1S/C37H63N5O8S/c1-12-24(6)34(41(9)37(46)28(22(2)3)20-30(43)33(39-8)23(4)5)31(49-10)21-32(44)42-19-13-14-29(42)35(50-11)25(7)36(45)40-51(47,48)27-17-15-26(38)16-18-27/h15-18,22-25,28-29,31,33-35,39H,12-14,19-21,38H2,1-11H3,(H,40,45)/t24-,25+,28-,29-,31+,33-,34-,35+/m0/s1. The maximum atomic E-state index is 14.1. The minimum atomic E-state index is -4.16. The SMILES string of the molecule is CC[C@H](C)[C@@H]([C@@H](CC(=O)N1CCC[C@H]1[C@H](OC)[C@@H](C)C(=O)NS(=O)(=O)c1ccc(N)cc1)OC)N(C)C(=O)[C@@H](CC(=O)[C@@H](NC)C(C)C)C(C)C. The molecule has 1 aromatic carbocycles. The first-order valence-electron chi connectivity index (χ1n) is 18.1. The van der Waals surface area contributed by atoms with Crippen LogP contribution < -0.4 is 15.8 Å². The van der Waals surface area contributed by atoms with E-state index in [9.17, 15) is 27.6 Å². The fourth-order valence-electron chi connectivity index (χ4n) is 7.32. The lowest BCUT2D eigenvalue weighted by atomic mass is 9.84. The Balaban J connectivity index is 2.28. The maximum Gasteiger partial charge on any atom is 0.264 e. The molecular formula is C37H63N5O8S. The van der Waals surface area contributed by atoms with Gasteiger partial charge in [0.25, 0.3) is 10.0 Å². The number of likely N-dealkylation sites (N-methyl/N-ethyl adjacent to an activating group) is 2. The average Bonchev–Trinajstić information content (AvgIpc) is 3.56. The van der Waals surface area contributed by atoms with Crippen LogP contribution in [0.15, 0.2) is 29.2 Å². The van der Waals surface area contributed by atoms with Crippen molar-refractivity contribution in [3.63, 3.8) is 0 Å². The Bertz CT molecular complexity index is 1420. The highest BCUT2D eigenvalue weighted by molar-refractivity contribution is 7.90. The highest BCUT2D eigenvalue weighted by atomic mass is 32.2. The monoisotopic (exact) mass is 737 g/mol. The largest absolute Gasteiger partial charge is 0.399 e. The predicted octanol–water partition coefficient (Wildman–Crippen LogP) is 3.47. The molecule has 1 fully saturated rings. The van der Waals surface area contributed by atoms with E-state index in [-0.39, 0.29) is 59.1 Å². The first-order chi connectivity index (χ1) is 23.9. The number of nitrogens with zero attached hydrogens (tertiary/aromatic N) is 2. The number of nitrogens with one attached hydrogen (secondary N) is 2. The van der Waals surface area contributed by atoms with Crippen molar-refractivity contribution in [2.75, 3.05) is 40.6 Å². The number of amides is 3. The van der Waals surface area contributed by atoms with Gasteiger partial charge in [-0.2, -0.15) is 0 Å². The van der Waals surface area contributed by atoms with Gasteiger partial charge in [0, 0.05) is 45.8 Å². The molecule has 2 rings (SSSR count). The Morgan fingerprint density at radius 2 is 1.59 bits per heavy atom. The minimum Gasteiger partial charge on any atom is -0.399 e. The van der Waals surface area contributed by atoms with Crippen LogP contribution in [0.25, 0.3) is 0 Å². The van der Waals surface area contributed by atoms with Gasteiger partial charge in [-0.05, 0) is 61.9 Å². The Kier molecular flexibility index (Phi) is 17.0. The summed E-state index contributed by atoms with van der Waals surface area (Å²) in [5, 5.41) is 3.09. The number of anilines is 1. The van der Waals surface area contributed by atoms with Crippen molar-refractivity contribution in [1.29, 1.82) is 0 Å². The molecule has 0 radical (unpaired) electrons. The highest BCUT2D eigenvalue weighted by Crippen LogP contribution is 2.31. The van der Waals surface area contributed by atoms with E-state index in [1.807, 2.05) is 41.5 Å². The molecule has 1 aromatic rings. The summed E-state index contributed by atoms with van der Waals surface area (Å²) >= 11 is 0. The van der Waals surface area contributed by atoms with E-state index in [1.54, 1.807) is 30.8 Å². The number of ketones is 1. The van der Waals surface area contributed by atoms with Gasteiger partial charge in [-0.3, -0.25) is 19.2 Å². The van der Waals surface area contributed by atoms with Crippen LogP contribution in [0.4, 0.5) is 5.69 Å². The fraction of sp³-hybridized carbons (Fsp3) is 0.730. The molecule has 0 saturated carbocycles. The Morgan fingerprint density at radius 1 is 0.980 bits per heavy atom. The summed E-state index contributed by atoms with van der Waals surface area (Å²) in [7, 11) is 2.29. The lowest BCUT2D eigenvalue weighted by Gasteiger charge is -2.41. The predicted molar refractivity (Wildman–Crippen MR) is 198 cm³/mol. The van der Waals surface area contributed by atoms with E-state index in [0.29, 0.717) is 25.1 Å². The van der Waals surface area contributed by atoms with Crippen LogP contribution in [0.3, 0.4) is 0 Å². The summed E-state index contributed by atoms with van der Waals surface area (Å²) in [4.78, 5) is 58.0. The number of nitrogens with two attached hydrogens (primary N) is 1. The van der Waals surface area contributed by atoms with Gasteiger partial charge in [0.2, 0.25) is 17.7 Å². The first kappa shape index (κ1) is 44.1. The zero-order valence-electron chi connectivity index (χ0n) is 32.5. The molecule has 13 nitrogen and oxygen atoms in total. The Morgan fingerprint density at radius 3 is 2.08 bits per heavy atom. The number of nitrogen functional groups attached to an aromatic ring is 1. The quantitative estimate of drug-likeness (QED) is 0.168. The first-order valence-corrected chi connectivity index (χ1v) is 19.6. The van der Waals surface area contributed by atoms with Gasteiger partial charge in [0.1, 0.15) is 0 Å². The number of hydrogen-bond acceptors (Lipinski definition) is 10. The van der Waals surface area contributed by atoms with Gasteiger partial charge in [-0.1, -0.05) is 54.9 Å². The van der Waals surface area contributed by atoms with Crippen LogP contribution in [-0.2, 0) is 38.7 Å². The normalized spacial score (nSPS) is 19.2. The minimum absolute atomic E-state index is 0.00922. The van der Waals surface area contributed by atoms with E-state index < -0.39 is 52.1 Å². The topological polar surface area (TPSA) is 177 Å². The molecule has 51 heavy (non-hydrogen) atoms. The van der Waals surface area contributed by atoms with Gasteiger partial charge in [-0.15, -0.1) is 0 Å². The molecule has 0 aliphatic carbocycles. The molecule has 1 saturated heterocycles. The van der Waals surface area contributed by atoms with E-state index in [0.717, 1.165) is 6.42 Å². The third kappa shape index (κ3) is 11.2. The van der Waals surface area contributed by atoms with Gasteiger partial charge in [0.15, 0.2) is 5.78 Å². The molecule has 14 heteroatoms. The molecule has 1 aliphatic rings. The number of rotatable bonds is 20. The molecule has 8 atom stereocenters. The van der Waals surface area contributed by atoms with Crippen molar-refractivity contribution in [3.8, 4) is 0 Å². The summed E-state index contributed by atoms with van der Waals surface area (Å²) in [6.07, 6.45) is 0.598. The molecule has 4 N–H and O–H groups in total. The van der Waals surface area contributed by atoms with Crippen LogP contribution >= 0.6 is 0 Å². The summed E-state index contributed by atoms with van der Waals surface area (Å²) < 4.78 is 39.7. The number of benzene rings is 1. The van der Waals surface area contributed by atoms with Crippen LogP contribution in [0.5, 0.6) is 0 Å². The summed E-state index contributed by atoms with van der Waals surface area (Å²) in [5.74, 6) is -2.65. The molecule has 290 valence electrons. The van der Waals surface area contributed by atoms with Crippen LogP contribution in [0.1, 0.15) is 80.6 Å². The zero-order chi connectivity index (χ0) is 38.8. The molecule has 1 aliphatic heterocycles. The van der Waals surface area contributed by atoms with E-state index in [4.69, 9.17) is 15.2 Å². The van der Waals surface area contributed by atoms with Crippen molar-refractivity contribution < 1.29 is 37.1 Å². The van der Waals surface area contributed by atoms with Crippen LogP contribution in [-0.4, -0.2) is 107 Å². The smallest absolute Gasteiger partial charge is 0.264 e. The number of Topliss-reactive ketones (excluding diaryl/α,β-unsaturated/α-hetero) is 1. The van der Waals surface area contributed by atoms with E-state index in [1.165, 1.54) is 38.5 Å². The molecule has 1 heterocycles. The molecule has 0 bridgehead atoms. The highest BCUT2D eigenvalue weighted by Gasteiger charge is 2.43. The third-order valence-electron chi connectivity index (χ3n) is 10.6. The lowest BCUT2D eigenvalue weighted by molar-refractivity contribution is -0.149. The average molecular weight is 738 g/mol. The molecule has 0 spiro atoms. The number of ether oxygens (including phenoxy) is 2. The number of carbonyl (C=O) groups is 4. The number of methoxy groups -OCH3 is 2.